The molecule has 1 saturated carbocycles. The zero-order valence-corrected chi connectivity index (χ0v) is 13.3. The summed E-state index contributed by atoms with van der Waals surface area (Å²) < 4.78 is 0. The second kappa shape index (κ2) is 6.35. The third kappa shape index (κ3) is 2.92. The predicted octanol–water partition coefficient (Wildman–Crippen LogP) is 4.55. The summed E-state index contributed by atoms with van der Waals surface area (Å²) >= 11 is 0. The first-order chi connectivity index (χ1) is 10.7. The fourth-order valence-electron chi connectivity index (χ4n) is 3.17. The molecule has 1 fully saturated rings. The van der Waals surface area contributed by atoms with Crippen molar-refractivity contribution in [3.05, 3.63) is 65.2 Å². The van der Waals surface area contributed by atoms with Gasteiger partial charge in [-0.25, -0.2) is 0 Å². The van der Waals surface area contributed by atoms with Gasteiger partial charge in [0.1, 0.15) is 0 Å². The van der Waals surface area contributed by atoms with E-state index < -0.39 is 0 Å². The smallest absolute Gasteiger partial charge is 0.228 e. The van der Waals surface area contributed by atoms with Crippen LogP contribution in [0.4, 0.5) is 5.69 Å². The Balaban J connectivity index is 1.74. The minimum Gasteiger partial charge on any atom is -0.325 e. The zero-order chi connectivity index (χ0) is 15.5. The fourth-order valence-corrected chi connectivity index (χ4v) is 3.17. The molecule has 2 heteroatoms. The lowest BCUT2D eigenvalue weighted by Gasteiger charge is -2.14. The number of carbonyl (C=O) groups is 1. The monoisotopic (exact) mass is 293 g/mol. The Bertz CT molecular complexity index is 640. The number of anilines is 1. The Hall–Kier alpha value is -2.09. The molecular formula is C20H23NO. The minimum absolute atomic E-state index is 0.122. The third-order valence-electron chi connectivity index (χ3n) is 4.60. The van der Waals surface area contributed by atoms with Gasteiger partial charge in [-0.1, -0.05) is 62.4 Å². The number of aryl methyl sites for hydroxylation is 2. The summed E-state index contributed by atoms with van der Waals surface area (Å²) in [5, 5.41) is 3.20. The molecule has 1 aliphatic rings. The maximum Gasteiger partial charge on any atom is 0.228 e. The summed E-state index contributed by atoms with van der Waals surface area (Å²) in [6.45, 7) is 4.27. The summed E-state index contributed by atoms with van der Waals surface area (Å²) in [6, 6.07) is 16.6. The van der Waals surface area contributed by atoms with Gasteiger partial charge in [0.2, 0.25) is 5.91 Å². The highest BCUT2D eigenvalue weighted by molar-refractivity contribution is 5.96. The van der Waals surface area contributed by atoms with Crippen LogP contribution in [0.3, 0.4) is 0 Å². The van der Waals surface area contributed by atoms with E-state index in [0.29, 0.717) is 5.92 Å². The quantitative estimate of drug-likeness (QED) is 0.860. The van der Waals surface area contributed by atoms with Crippen molar-refractivity contribution in [1.29, 1.82) is 0 Å². The van der Waals surface area contributed by atoms with E-state index in [4.69, 9.17) is 0 Å². The molecule has 0 radical (unpaired) electrons. The standard InChI is InChI=1S/C20H23NO/c1-3-14-11-8-12-15(4-2)19(14)21-20(22)18-13-17(18)16-9-6-5-7-10-16/h5-12,17-18H,3-4,13H2,1-2H3,(H,21,22)/t17-,18-/m0/s1. The molecule has 2 aromatic carbocycles. The van der Waals surface area contributed by atoms with Gasteiger partial charge in [-0.15, -0.1) is 0 Å². The topological polar surface area (TPSA) is 29.1 Å². The summed E-state index contributed by atoms with van der Waals surface area (Å²) in [5.41, 5.74) is 4.77. The normalized spacial score (nSPS) is 19.7. The molecular weight excluding hydrogens is 270 g/mol. The van der Waals surface area contributed by atoms with Crippen LogP contribution in [0.15, 0.2) is 48.5 Å². The van der Waals surface area contributed by atoms with Gasteiger partial charge in [0.25, 0.3) is 0 Å². The van der Waals surface area contributed by atoms with Crippen molar-refractivity contribution in [2.45, 2.75) is 39.0 Å². The van der Waals surface area contributed by atoms with Crippen molar-refractivity contribution in [3.8, 4) is 0 Å². The lowest BCUT2D eigenvalue weighted by Crippen LogP contribution is -2.17. The van der Waals surface area contributed by atoms with Crippen LogP contribution >= 0.6 is 0 Å². The number of hydrogen-bond donors (Lipinski definition) is 1. The summed E-state index contributed by atoms with van der Waals surface area (Å²) in [7, 11) is 0. The molecule has 2 atom stereocenters. The molecule has 0 unspecified atom stereocenters. The van der Waals surface area contributed by atoms with Crippen molar-refractivity contribution >= 4 is 11.6 Å². The summed E-state index contributed by atoms with van der Waals surface area (Å²) in [6.07, 6.45) is 2.85. The van der Waals surface area contributed by atoms with E-state index in [1.54, 1.807) is 0 Å². The molecule has 2 aromatic rings. The molecule has 1 N–H and O–H groups in total. The van der Waals surface area contributed by atoms with E-state index >= 15 is 0 Å². The Labute approximate surface area is 132 Å². The first-order valence-corrected chi connectivity index (χ1v) is 8.21. The molecule has 0 aliphatic heterocycles. The molecule has 22 heavy (non-hydrogen) atoms. The van der Waals surface area contributed by atoms with E-state index in [1.165, 1.54) is 16.7 Å². The zero-order valence-electron chi connectivity index (χ0n) is 13.3. The van der Waals surface area contributed by atoms with Crippen molar-refractivity contribution in [1.82, 2.24) is 0 Å². The number of para-hydroxylation sites is 1. The molecule has 2 nitrogen and oxygen atoms in total. The van der Waals surface area contributed by atoms with Crippen LogP contribution in [0.2, 0.25) is 0 Å². The highest BCUT2D eigenvalue weighted by atomic mass is 16.2. The van der Waals surface area contributed by atoms with Gasteiger partial charge < -0.3 is 5.32 Å². The SMILES string of the molecule is CCc1cccc(CC)c1NC(=O)[C@H]1C[C@H]1c1ccccc1. The van der Waals surface area contributed by atoms with Crippen LogP contribution in [-0.4, -0.2) is 5.91 Å². The molecule has 0 spiro atoms. The number of nitrogens with one attached hydrogen (secondary N) is 1. The van der Waals surface area contributed by atoms with Gasteiger partial charge in [0, 0.05) is 11.6 Å². The van der Waals surface area contributed by atoms with Crippen LogP contribution in [0, 0.1) is 5.92 Å². The van der Waals surface area contributed by atoms with Crippen molar-refractivity contribution in [2.24, 2.45) is 5.92 Å². The van der Waals surface area contributed by atoms with Gasteiger partial charge >= 0.3 is 0 Å². The number of amides is 1. The summed E-state index contributed by atoms with van der Waals surface area (Å²) in [4.78, 5) is 12.6. The van der Waals surface area contributed by atoms with E-state index in [1.807, 2.05) is 18.2 Å². The molecule has 0 bridgehead atoms. The number of carbonyl (C=O) groups excluding carboxylic acids is 1. The predicted molar refractivity (Wildman–Crippen MR) is 91.1 cm³/mol. The van der Waals surface area contributed by atoms with Crippen LogP contribution in [-0.2, 0) is 17.6 Å². The van der Waals surface area contributed by atoms with Gasteiger partial charge in [0.15, 0.2) is 0 Å². The van der Waals surface area contributed by atoms with Crippen LogP contribution < -0.4 is 5.32 Å². The Morgan fingerprint density at radius 3 is 2.23 bits per heavy atom. The van der Waals surface area contributed by atoms with Crippen LogP contribution in [0.25, 0.3) is 0 Å². The maximum atomic E-state index is 12.6. The molecule has 1 aliphatic carbocycles. The fraction of sp³-hybridized carbons (Fsp3) is 0.350. The Morgan fingerprint density at radius 1 is 1.00 bits per heavy atom. The van der Waals surface area contributed by atoms with Crippen molar-refractivity contribution in [3.63, 3.8) is 0 Å². The number of hydrogen-bond acceptors (Lipinski definition) is 1. The lowest BCUT2D eigenvalue weighted by atomic mass is 10.0. The second-order valence-corrected chi connectivity index (χ2v) is 6.01. The van der Waals surface area contributed by atoms with E-state index in [-0.39, 0.29) is 11.8 Å². The van der Waals surface area contributed by atoms with Gasteiger partial charge in [0.05, 0.1) is 0 Å². The average Bonchev–Trinajstić information content (AvgIpc) is 3.36. The number of rotatable bonds is 5. The second-order valence-electron chi connectivity index (χ2n) is 6.01. The summed E-state index contributed by atoms with van der Waals surface area (Å²) in [5.74, 6) is 0.682. The largest absolute Gasteiger partial charge is 0.325 e. The van der Waals surface area contributed by atoms with Crippen molar-refractivity contribution in [2.75, 3.05) is 5.32 Å². The molecule has 3 rings (SSSR count). The molecule has 0 saturated heterocycles. The van der Waals surface area contributed by atoms with Crippen molar-refractivity contribution < 1.29 is 4.79 Å². The molecule has 1 amide bonds. The number of benzene rings is 2. The van der Waals surface area contributed by atoms with Gasteiger partial charge in [-0.2, -0.15) is 0 Å². The van der Waals surface area contributed by atoms with Gasteiger partial charge in [-0.05, 0) is 41.9 Å². The van der Waals surface area contributed by atoms with Crippen LogP contribution in [0.5, 0.6) is 0 Å². The van der Waals surface area contributed by atoms with E-state index in [0.717, 1.165) is 24.9 Å². The van der Waals surface area contributed by atoms with Gasteiger partial charge in [-0.3, -0.25) is 4.79 Å². The molecule has 0 aromatic heterocycles. The molecule has 114 valence electrons. The highest BCUT2D eigenvalue weighted by Crippen LogP contribution is 2.48. The average molecular weight is 293 g/mol. The first-order valence-electron chi connectivity index (χ1n) is 8.21. The van der Waals surface area contributed by atoms with Crippen LogP contribution in [0.1, 0.15) is 42.9 Å². The lowest BCUT2D eigenvalue weighted by molar-refractivity contribution is -0.117. The Morgan fingerprint density at radius 2 is 1.64 bits per heavy atom. The third-order valence-corrected chi connectivity index (χ3v) is 4.60. The minimum atomic E-state index is 0.122. The molecule has 0 heterocycles. The highest BCUT2D eigenvalue weighted by Gasteiger charge is 2.43. The van der Waals surface area contributed by atoms with E-state index in [2.05, 4.69) is 49.5 Å². The first kappa shape index (κ1) is 14.8. The Kier molecular flexibility index (Phi) is 4.28. The maximum absolute atomic E-state index is 12.6. The van der Waals surface area contributed by atoms with E-state index in [9.17, 15) is 4.79 Å².